The molecular formula is C27H37N6O16P3. The van der Waals surface area contributed by atoms with Crippen molar-refractivity contribution in [2.24, 2.45) is 11.1 Å². The van der Waals surface area contributed by atoms with Crippen LogP contribution in [0.15, 0.2) is 24.7 Å². The van der Waals surface area contributed by atoms with Gasteiger partial charge in [-0.3, -0.25) is 14.6 Å². The van der Waals surface area contributed by atoms with Crippen molar-refractivity contribution in [3.8, 4) is 17.6 Å². The van der Waals surface area contributed by atoms with Crippen LogP contribution >= 0.6 is 23.5 Å². The Hall–Kier alpha value is -3.35. The molecule has 4 rings (SSSR count). The Morgan fingerprint density at radius 3 is 2.44 bits per heavy atom. The zero-order chi connectivity index (χ0) is 38.8. The van der Waals surface area contributed by atoms with Crippen molar-refractivity contribution in [1.82, 2.24) is 14.5 Å². The first-order valence-electron chi connectivity index (χ1n) is 14.9. The third kappa shape index (κ3) is 10.2. The third-order valence-electron chi connectivity index (χ3n) is 7.39. The summed E-state index contributed by atoms with van der Waals surface area (Å²) in [4.78, 5) is 56.7. The Kier molecular flexibility index (Phi) is 12.7. The predicted octanol–water partition coefficient (Wildman–Crippen LogP) is 2.54. The highest BCUT2D eigenvalue weighted by Gasteiger charge is 2.43. The van der Waals surface area contributed by atoms with Crippen molar-refractivity contribution < 1.29 is 70.7 Å². The van der Waals surface area contributed by atoms with Crippen LogP contribution in [0.3, 0.4) is 0 Å². The maximum atomic E-state index is 12.3. The minimum atomic E-state index is -5.76. The molecule has 1 aliphatic rings. The second-order valence-electron chi connectivity index (χ2n) is 12.3. The van der Waals surface area contributed by atoms with Crippen LogP contribution in [0.1, 0.15) is 56.2 Å². The van der Waals surface area contributed by atoms with Gasteiger partial charge in [-0.25, -0.2) is 23.7 Å². The van der Waals surface area contributed by atoms with Crippen molar-refractivity contribution in [1.29, 1.82) is 0 Å². The van der Waals surface area contributed by atoms with Crippen LogP contribution in [0, 0.1) is 27.4 Å². The van der Waals surface area contributed by atoms with Crippen molar-refractivity contribution in [3.05, 3.63) is 51.5 Å². The Morgan fingerprint density at radius 2 is 1.85 bits per heavy atom. The van der Waals surface area contributed by atoms with Crippen LogP contribution in [-0.2, 0) is 42.9 Å². The second kappa shape index (κ2) is 15.9. The molecule has 0 saturated carbocycles. The quantitative estimate of drug-likeness (QED) is 0.0533. The van der Waals surface area contributed by atoms with Gasteiger partial charge in [0.1, 0.15) is 35.9 Å². The maximum Gasteiger partial charge on any atom is 0.490 e. The normalized spacial score (nSPS) is 20.8. The van der Waals surface area contributed by atoms with E-state index < -0.39 is 65.0 Å². The third-order valence-corrected chi connectivity index (χ3v) is 11.2. The first-order valence-corrected chi connectivity index (χ1v) is 19.5. The first-order chi connectivity index (χ1) is 24.1. The molecule has 22 nitrogen and oxygen atoms in total. The fourth-order valence-electron chi connectivity index (χ4n) is 5.37. The van der Waals surface area contributed by atoms with Crippen molar-refractivity contribution in [2.45, 2.75) is 58.3 Å². The largest absolute Gasteiger partial charge is 0.495 e. The van der Waals surface area contributed by atoms with Gasteiger partial charge in [0.05, 0.1) is 60.5 Å². The number of nitrogen functional groups attached to an aromatic ring is 1. The molecule has 1 aromatic carbocycles. The van der Waals surface area contributed by atoms with Crippen molar-refractivity contribution in [3.63, 3.8) is 0 Å². The topological polar surface area (TPSA) is 334 Å². The minimum Gasteiger partial charge on any atom is -0.495 e. The number of rotatable bonds is 14. The number of methoxy groups -OCH3 is 1. The number of aromatic nitrogens is 3. The van der Waals surface area contributed by atoms with Crippen LogP contribution < -0.4 is 16.2 Å². The number of nitrogens with two attached hydrogens (primary N) is 2. The summed E-state index contributed by atoms with van der Waals surface area (Å²) in [6.07, 6.45) is -1.96. The lowest BCUT2D eigenvalue weighted by atomic mass is 9.83. The molecule has 9 N–H and O–H groups in total. The number of fused-ring (bicyclic) bond motifs is 1. The Balaban J connectivity index is 1.61. The number of phosphoric acid groups is 3. The zero-order valence-corrected chi connectivity index (χ0v) is 30.6. The first kappa shape index (κ1) is 41.4. The average Bonchev–Trinajstić information content (AvgIpc) is 3.57. The van der Waals surface area contributed by atoms with Gasteiger partial charge in [-0.15, -0.1) is 0 Å². The van der Waals surface area contributed by atoms with Gasteiger partial charge in [-0.1, -0.05) is 32.6 Å². The SMILES string of the molecule is COc1cc([C@@H](OCc2cn([C@H]3C[C@@H](O)[C@@H](COP(=O)(O)OP(=O)(O)OP(=O)(O)O)O3)c3ncnc(N)c23)C(C)(C)C)c([N+](=O)[O-])cc1C#CCN. The number of aliphatic hydroxyl groups excluding tert-OH is 1. The van der Waals surface area contributed by atoms with E-state index >= 15 is 0 Å². The Morgan fingerprint density at radius 1 is 1.15 bits per heavy atom. The van der Waals surface area contributed by atoms with Gasteiger partial charge in [0.25, 0.3) is 5.69 Å². The molecule has 1 saturated heterocycles. The van der Waals surface area contributed by atoms with Gasteiger partial charge in [-0.2, -0.15) is 8.62 Å². The van der Waals surface area contributed by atoms with E-state index in [0.717, 1.165) is 0 Å². The summed E-state index contributed by atoms with van der Waals surface area (Å²) < 4.78 is 65.9. The number of nitrogens with zero attached hydrogens (tertiary/aromatic N) is 4. The molecule has 2 unspecified atom stereocenters. The average molecular weight is 795 g/mol. The van der Waals surface area contributed by atoms with Crippen molar-refractivity contribution in [2.75, 3.05) is 26.0 Å². The van der Waals surface area contributed by atoms with E-state index in [1.54, 1.807) is 6.20 Å². The summed E-state index contributed by atoms with van der Waals surface area (Å²) in [6, 6.07) is 2.78. The standard InChI is InChI=1S/C27H37N6O16P3/c1-27(2,3)24(17-9-20(44-4)15(6-5-7-28)8-18(17)33(35)36)45-12-16-11-32(26-23(16)25(29)30-14-31-26)22-10-19(34)21(47-22)13-46-51(40,41)49-52(42,43)48-50(37,38)39/h8-9,11,14,19,21-22,24,34H,7,10,12-13,28H2,1-4H3,(H,40,41)(H,42,43)(H2,29,30,31)(H2,37,38,39)/t19-,21-,22-,24-/m1/s1. The van der Waals surface area contributed by atoms with E-state index in [9.17, 15) is 38.7 Å². The molecule has 0 spiro atoms. The van der Waals surface area contributed by atoms with Gasteiger partial charge in [-0.05, 0) is 11.5 Å². The van der Waals surface area contributed by atoms with Gasteiger partial charge in [0.15, 0.2) is 0 Å². The van der Waals surface area contributed by atoms with Crippen LogP contribution in [-0.4, -0.2) is 76.6 Å². The molecular weight excluding hydrogens is 757 g/mol. The van der Waals surface area contributed by atoms with E-state index in [-0.39, 0.29) is 53.6 Å². The summed E-state index contributed by atoms with van der Waals surface area (Å²) in [5, 5.41) is 23.3. The van der Waals surface area contributed by atoms with Crippen LogP contribution in [0.25, 0.3) is 11.0 Å². The van der Waals surface area contributed by atoms with Crippen LogP contribution in [0.4, 0.5) is 11.5 Å². The second-order valence-corrected chi connectivity index (χ2v) is 16.7. The molecule has 2 aromatic heterocycles. The van der Waals surface area contributed by atoms with E-state index in [1.807, 2.05) is 20.8 Å². The molecule has 25 heteroatoms. The lowest BCUT2D eigenvalue weighted by Crippen LogP contribution is -2.26. The molecule has 1 fully saturated rings. The lowest BCUT2D eigenvalue weighted by molar-refractivity contribution is -0.386. The smallest absolute Gasteiger partial charge is 0.490 e. The highest BCUT2D eigenvalue weighted by molar-refractivity contribution is 7.66. The number of hydrogen-bond acceptors (Lipinski definition) is 16. The summed E-state index contributed by atoms with van der Waals surface area (Å²) in [6.45, 7) is 4.44. The molecule has 0 radical (unpaired) electrons. The van der Waals surface area contributed by atoms with Gasteiger partial charge >= 0.3 is 23.5 Å². The predicted molar refractivity (Wildman–Crippen MR) is 179 cm³/mol. The highest BCUT2D eigenvalue weighted by atomic mass is 31.3. The van der Waals surface area contributed by atoms with Gasteiger partial charge in [0.2, 0.25) is 0 Å². The maximum absolute atomic E-state index is 12.3. The molecule has 286 valence electrons. The molecule has 0 amide bonds. The number of nitro benzene ring substituents is 1. The molecule has 0 aliphatic carbocycles. The molecule has 1 aliphatic heterocycles. The number of phosphoric ester groups is 1. The number of aliphatic hydroxyl groups is 1. The van der Waals surface area contributed by atoms with Crippen LogP contribution in [0.2, 0.25) is 0 Å². The fraction of sp³-hybridized carbons (Fsp3) is 0.481. The number of nitro groups is 1. The number of ether oxygens (including phenoxy) is 3. The van der Waals surface area contributed by atoms with E-state index in [0.29, 0.717) is 10.9 Å². The Bertz CT molecular complexity index is 2020. The fourth-order valence-corrected chi connectivity index (χ4v) is 8.40. The zero-order valence-electron chi connectivity index (χ0n) is 28.0. The van der Waals surface area contributed by atoms with E-state index in [4.69, 9.17) is 35.5 Å². The minimum absolute atomic E-state index is 0.0282. The summed E-state index contributed by atoms with van der Waals surface area (Å²) in [5.74, 6) is 5.76. The molecule has 3 heterocycles. The van der Waals surface area contributed by atoms with Gasteiger partial charge < -0.3 is 54.9 Å². The van der Waals surface area contributed by atoms with Crippen LogP contribution in [0.5, 0.6) is 5.75 Å². The molecule has 6 atom stereocenters. The van der Waals surface area contributed by atoms with E-state index in [1.165, 1.54) is 30.1 Å². The Labute approximate surface area is 295 Å². The number of hydrogen-bond donors (Lipinski definition) is 7. The molecule has 0 bridgehead atoms. The number of anilines is 1. The summed E-state index contributed by atoms with van der Waals surface area (Å²) in [5.41, 5.74) is 11.9. The van der Waals surface area contributed by atoms with Crippen molar-refractivity contribution >= 4 is 46.0 Å². The summed E-state index contributed by atoms with van der Waals surface area (Å²) in [7, 11) is -15.4. The van der Waals surface area contributed by atoms with Gasteiger partial charge in [0, 0.05) is 24.2 Å². The summed E-state index contributed by atoms with van der Waals surface area (Å²) >= 11 is 0. The lowest BCUT2D eigenvalue weighted by Gasteiger charge is -2.31. The highest BCUT2D eigenvalue weighted by Crippen LogP contribution is 2.66. The monoisotopic (exact) mass is 794 g/mol. The molecule has 3 aromatic rings. The molecule has 52 heavy (non-hydrogen) atoms. The number of benzene rings is 1. The van der Waals surface area contributed by atoms with E-state index in [2.05, 4.69) is 35.0 Å².